The van der Waals surface area contributed by atoms with Crippen LogP contribution in [0.25, 0.3) is 6.08 Å². The molecule has 0 unspecified atom stereocenters. The molecule has 4 aromatic carbocycles. The van der Waals surface area contributed by atoms with Crippen molar-refractivity contribution in [3.8, 4) is 0 Å². The molecule has 0 aliphatic heterocycles. The summed E-state index contributed by atoms with van der Waals surface area (Å²) in [6.07, 6.45) is 1.57. The van der Waals surface area contributed by atoms with E-state index < -0.39 is 5.91 Å². The van der Waals surface area contributed by atoms with Crippen molar-refractivity contribution < 1.29 is 9.59 Å². The van der Waals surface area contributed by atoms with E-state index in [2.05, 4.69) is 22.8 Å². The Morgan fingerprint density at radius 3 is 2.09 bits per heavy atom. The molecular formula is C29H23ClN2O2S. The van der Waals surface area contributed by atoms with Gasteiger partial charge in [0.25, 0.3) is 11.8 Å². The van der Waals surface area contributed by atoms with Gasteiger partial charge in [0.15, 0.2) is 0 Å². The molecule has 0 radical (unpaired) electrons. The van der Waals surface area contributed by atoms with Crippen LogP contribution in [0.4, 0.5) is 5.69 Å². The number of carbonyl (C=O) groups is 2. The second-order valence-corrected chi connectivity index (χ2v) is 9.11. The molecule has 2 N–H and O–H groups in total. The molecule has 0 aliphatic carbocycles. The van der Waals surface area contributed by atoms with Crippen molar-refractivity contribution in [1.29, 1.82) is 0 Å². The minimum atomic E-state index is -0.445. The van der Waals surface area contributed by atoms with Gasteiger partial charge >= 0.3 is 0 Å². The third kappa shape index (κ3) is 7.09. The number of rotatable bonds is 8. The standard InChI is InChI=1S/C29H23ClN2O2S/c30-26-14-8-7-13-23(26)19-27(32-28(33)22-11-5-2-6-12-22)29(34)31-24-15-17-25(18-16-24)35-20-21-9-3-1-4-10-21/h1-19H,20H2,(H,31,34)(H,32,33)/b27-19-. The lowest BCUT2D eigenvalue weighted by atomic mass is 10.1. The zero-order valence-electron chi connectivity index (χ0n) is 18.8. The number of amides is 2. The predicted octanol–water partition coefficient (Wildman–Crippen LogP) is 7.04. The van der Waals surface area contributed by atoms with Crippen LogP contribution in [0.3, 0.4) is 0 Å². The Kier molecular flexibility index (Phi) is 8.39. The average Bonchev–Trinajstić information content (AvgIpc) is 2.90. The first kappa shape index (κ1) is 24.3. The normalized spacial score (nSPS) is 11.1. The number of halogens is 1. The molecule has 0 heterocycles. The van der Waals surface area contributed by atoms with Crippen molar-refractivity contribution >= 4 is 46.9 Å². The molecule has 0 bridgehead atoms. The van der Waals surface area contributed by atoms with Crippen molar-refractivity contribution in [2.24, 2.45) is 0 Å². The third-order valence-electron chi connectivity index (χ3n) is 5.09. The average molecular weight is 499 g/mol. The molecule has 0 aliphatic rings. The first-order chi connectivity index (χ1) is 17.1. The van der Waals surface area contributed by atoms with Gasteiger partial charge in [0.1, 0.15) is 5.70 Å². The Bertz CT molecular complexity index is 1320. The summed E-state index contributed by atoms with van der Waals surface area (Å²) in [4.78, 5) is 27.0. The Labute approximate surface area is 214 Å². The monoisotopic (exact) mass is 498 g/mol. The molecule has 6 heteroatoms. The van der Waals surface area contributed by atoms with Gasteiger partial charge in [-0.2, -0.15) is 0 Å². The molecule has 2 amide bonds. The van der Waals surface area contributed by atoms with Gasteiger partial charge in [-0.05, 0) is 59.7 Å². The van der Waals surface area contributed by atoms with E-state index in [-0.39, 0.29) is 11.6 Å². The quantitative estimate of drug-likeness (QED) is 0.202. The van der Waals surface area contributed by atoms with E-state index in [1.807, 2.05) is 54.6 Å². The van der Waals surface area contributed by atoms with Gasteiger partial charge in [-0.3, -0.25) is 9.59 Å². The first-order valence-electron chi connectivity index (χ1n) is 11.0. The minimum absolute atomic E-state index is 0.0921. The van der Waals surface area contributed by atoms with E-state index in [0.717, 1.165) is 10.6 Å². The minimum Gasteiger partial charge on any atom is -0.321 e. The fraction of sp³-hybridized carbons (Fsp3) is 0.0345. The summed E-state index contributed by atoms with van der Waals surface area (Å²) in [5.41, 5.74) is 3.04. The molecule has 4 nitrogen and oxygen atoms in total. The molecule has 35 heavy (non-hydrogen) atoms. The van der Waals surface area contributed by atoms with Crippen molar-refractivity contribution in [2.45, 2.75) is 10.6 Å². The number of anilines is 1. The van der Waals surface area contributed by atoms with Crippen LogP contribution < -0.4 is 10.6 Å². The Morgan fingerprint density at radius 1 is 0.771 bits per heavy atom. The fourth-order valence-corrected chi connectivity index (χ4v) is 4.31. The van der Waals surface area contributed by atoms with Gasteiger partial charge in [0.05, 0.1) is 0 Å². The highest BCUT2D eigenvalue weighted by Gasteiger charge is 2.15. The molecule has 4 rings (SSSR count). The summed E-state index contributed by atoms with van der Waals surface area (Å²) in [7, 11) is 0. The highest BCUT2D eigenvalue weighted by atomic mass is 35.5. The van der Waals surface area contributed by atoms with Crippen molar-refractivity contribution in [1.82, 2.24) is 5.32 Å². The maximum Gasteiger partial charge on any atom is 0.272 e. The maximum absolute atomic E-state index is 13.1. The highest BCUT2D eigenvalue weighted by Crippen LogP contribution is 2.24. The molecule has 0 saturated heterocycles. The number of benzene rings is 4. The second-order valence-electron chi connectivity index (χ2n) is 7.65. The van der Waals surface area contributed by atoms with E-state index >= 15 is 0 Å². The molecule has 0 spiro atoms. The molecule has 174 valence electrons. The largest absolute Gasteiger partial charge is 0.321 e. The lowest BCUT2D eigenvalue weighted by Gasteiger charge is -2.12. The number of hydrogen-bond acceptors (Lipinski definition) is 3. The van der Waals surface area contributed by atoms with Crippen molar-refractivity contribution in [2.75, 3.05) is 5.32 Å². The van der Waals surface area contributed by atoms with Gasteiger partial charge in [0, 0.05) is 26.9 Å². The number of nitrogens with one attached hydrogen (secondary N) is 2. The predicted molar refractivity (Wildman–Crippen MR) is 144 cm³/mol. The number of carbonyl (C=O) groups excluding carboxylic acids is 2. The molecule has 0 atom stereocenters. The summed E-state index contributed by atoms with van der Waals surface area (Å²) < 4.78 is 0. The fourth-order valence-electron chi connectivity index (χ4n) is 3.26. The van der Waals surface area contributed by atoms with Crippen LogP contribution in [-0.4, -0.2) is 11.8 Å². The lowest BCUT2D eigenvalue weighted by Crippen LogP contribution is -2.30. The van der Waals surface area contributed by atoms with Crippen molar-refractivity contribution in [3.05, 3.63) is 137 Å². The smallest absolute Gasteiger partial charge is 0.272 e. The van der Waals surface area contributed by atoms with E-state index in [0.29, 0.717) is 21.8 Å². The van der Waals surface area contributed by atoms with E-state index in [9.17, 15) is 9.59 Å². The van der Waals surface area contributed by atoms with E-state index in [4.69, 9.17) is 11.6 Å². The first-order valence-corrected chi connectivity index (χ1v) is 12.4. The van der Waals surface area contributed by atoms with Crippen LogP contribution in [0.1, 0.15) is 21.5 Å². The lowest BCUT2D eigenvalue weighted by molar-refractivity contribution is -0.113. The maximum atomic E-state index is 13.1. The zero-order valence-corrected chi connectivity index (χ0v) is 20.4. The van der Waals surface area contributed by atoms with E-state index in [1.54, 1.807) is 60.3 Å². The Morgan fingerprint density at radius 2 is 1.40 bits per heavy atom. The molecule has 4 aromatic rings. The summed E-state index contributed by atoms with van der Waals surface area (Å²) >= 11 is 8.01. The summed E-state index contributed by atoms with van der Waals surface area (Å²) in [6.45, 7) is 0. The van der Waals surface area contributed by atoms with Crippen molar-refractivity contribution in [3.63, 3.8) is 0 Å². The third-order valence-corrected chi connectivity index (χ3v) is 6.52. The SMILES string of the molecule is O=C(Nc1ccc(SCc2ccccc2)cc1)/C(=C/c1ccccc1Cl)NC(=O)c1ccccc1. The van der Waals surface area contributed by atoms with Gasteiger partial charge in [-0.1, -0.05) is 78.3 Å². The molecule has 0 aromatic heterocycles. The topological polar surface area (TPSA) is 58.2 Å². The summed E-state index contributed by atoms with van der Waals surface area (Å²) in [5.74, 6) is 0.0357. The van der Waals surface area contributed by atoms with Crippen LogP contribution in [0.5, 0.6) is 0 Å². The van der Waals surface area contributed by atoms with Crippen LogP contribution in [0, 0.1) is 0 Å². The Balaban J connectivity index is 1.48. The summed E-state index contributed by atoms with van der Waals surface area (Å²) in [5, 5.41) is 6.07. The van der Waals surface area contributed by atoms with Crippen LogP contribution in [0.2, 0.25) is 5.02 Å². The molecule has 0 fully saturated rings. The zero-order chi connectivity index (χ0) is 24.5. The Hall–Kier alpha value is -3.80. The van der Waals surface area contributed by atoms with Gasteiger partial charge in [-0.15, -0.1) is 11.8 Å². The van der Waals surface area contributed by atoms with E-state index in [1.165, 1.54) is 5.56 Å². The molecule has 0 saturated carbocycles. The van der Waals surface area contributed by atoms with Gasteiger partial charge < -0.3 is 10.6 Å². The molecular weight excluding hydrogens is 476 g/mol. The number of hydrogen-bond donors (Lipinski definition) is 2. The highest BCUT2D eigenvalue weighted by molar-refractivity contribution is 7.98. The van der Waals surface area contributed by atoms with Crippen LogP contribution in [0.15, 0.2) is 120 Å². The summed E-state index contributed by atoms with van der Waals surface area (Å²) in [6, 6.07) is 33.7. The second kappa shape index (κ2) is 12.1. The van der Waals surface area contributed by atoms with Gasteiger partial charge in [0.2, 0.25) is 0 Å². The van der Waals surface area contributed by atoms with Crippen LogP contribution in [-0.2, 0) is 10.5 Å². The number of thioether (sulfide) groups is 1. The van der Waals surface area contributed by atoms with Gasteiger partial charge in [-0.25, -0.2) is 0 Å². The van der Waals surface area contributed by atoms with Crippen LogP contribution >= 0.6 is 23.4 Å².